The average Bonchev–Trinajstić information content (AvgIpc) is 3.20. The van der Waals surface area contributed by atoms with E-state index in [4.69, 9.17) is 9.73 Å². The van der Waals surface area contributed by atoms with Gasteiger partial charge in [-0.1, -0.05) is 24.3 Å². The van der Waals surface area contributed by atoms with Gasteiger partial charge in [-0.3, -0.25) is 4.99 Å². The number of hydrogen-bond acceptors (Lipinski definition) is 3. The first-order valence-electron chi connectivity index (χ1n) is 10.2. The molecule has 0 aliphatic carbocycles. The van der Waals surface area contributed by atoms with Crippen LogP contribution in [0.15, 0.2) is 53.5 Å². The highest BCUT2D eigenvalue weighted by molar-refractivity contribution is 14.0. The summed E-state index contributed by atoms with van der Waals surface area (Å²) in [7, 11) is 3.70. The van der Waals surface area contributed by atoms with Gasteiger partial charge in [0.2, 0.25) is 0 Å². The predicted octanol–water partition coefficient (Wildman–Crippen LogP) is 4.38. The Morgan fingerprint density at radius 1 is 1.27 bits per heavy atom. The van der Waals surface area contributed by atoms with Crippen molar-refractivity contribution in [2.75, 3.05) is 45.2 Å². The smallest absolute Gasteiger partial charge is 0.193 e. The fourth-order valence-electron chi connectivity index (χ4n) is 3.76. The molecule has 1 aliphatic rings. The van der Waals surface area contributed by atoms with E-state index >= 15 is 0 Å². The minimum Gasteiger partial charge on any atom is -0.495 e. The Morgan fingerprint density at radius 2 is 2.07 bits per heavy atom. The Balaban J connectivity index is 0.00000320. The molecule has 1 aliphatic heterocycles. The SMILES string of the molecule is CCNC(=NCC1CCN(c2ccccc2OC)C1)N(C)Cc1cccc(F)c1.I. The molecule has 1 fully saturated rings. The molecule has 0 bridgehead atoms. The minimum atomic E-state index is -0.208. The first kappa shape index (κ1) is 24.2. The zero-order valence-corrected chi connectivity index (χ0v) is 20.3. The van der Waals surface area contributed by atoms with Crippen LogP contribution in [0.3, 0.4) is 0 Å². The summed E-state index contributed by atoms with van der Waals surface area (Å²) in [5, 5.41) is 3.35. The summed E-state index contributed by atoms with van der Waals surface area (Å²) in [6, 6.07) is 14.9. The summed E-state index contributed by atoms with van der Waals surface area (Å²) in [6.45, 7) is 6.21. The molecule has 0 radical (unpaired) electrons. The number of methoxy groups -OCH3 is 1. The van der Waals surface area contributed by atoms with Crippen LogP contribution >= 0.6 is 24.0 Å². The van der Waals surface area contributed by atoms with Crippen LogP contribution < -0.4 is 15.0 Å². The third-order valence-corrected chi connectivity index (χ3v) is 5.22. The Kier molecular flexibility index (Phi) is 9.68. The van der Waals surface area contributed by atoms with Crippen LogP contribution in [0, 0.1) is 11.7 Å². The van der Waals surface area contributed by atoms with Gasteiger partial charge < -0.3 is 19.9 Å². The molecule has 1 N–H and O–H groups in total. The number of guanidine groups is 1. The Bertz CT molecular complexity index is 832. The van der Waals surface area contributed by atoms with Crippen molar-refractivity contribution < 1.29 is 9.13 Å². The standard InChI is InChI=1S/C23H31FN4O.HI/c1-4-25-23(27(2)16-18-8-7-9-20(24)14-18)26-15-19-12-13-28(17-19)21-10-5-6-11-22(21)29-3;/h5-11,14,19H,4,12-13,15-17H2,1-3H3,(H,25,26);1H. The Labute approximate surface area is 196 Å². The summed E-state index contributed by atoms with van der Waals surface area (Å²) in [5.74, 6) is 2.06. The molecule has 0 amide bonds. The highest BCUT2D eigenvalue weighted by Gasteiger charge is 2.24. The fraction of sp³-hybridized carbons (Fsp3) is 0.435. The second-order valence-electron chi connectivity index (χ2n) is 7.45. The van der Waals surface area contributed by atoms with Crippen molar-refractivity contribution >= 4 is 35.6 Å². The zero-order valence-electron chi connectivity index (χ0n) is 18.0. The van der Waals surface area contributed by atoms with Gasteiger partial charge in [0.25, 0.3) is 0 Å². The van der Waals surface area contributed by atoms with Crippen molar-refractivity contribution in [3.8, 4) is 5.75 Å². The lowest BCUT2D eigenvalue weighted by Gasteiger charge is -2.23. The van der Waals surface area contributed by atoms with E-state index in [9.17, 15) is 4.39 Å². The zero-order chi connectivity index (χ0) is 20.6. The molecule has 2 aromatic carbocycles. The van der Waals surface area contributed by atoms with E-state index in [1.165, 1.54) is 6.07 Å². The third kappa shape index (κ3) is 6.48. The molecule has 2 aromatic rings. The lowest BCUT2D eigenvalue weighted by Crippen LogP contribution is -2.39. The fourth-order valence-corrected chi connectivity index (χ4v) is 3.76. The number of hydrogen-bond donors (Lipinski definition) is 1. The summed E-state index contributed by atoms with van der Waals surface area (Å²) >= 11 is 0. The predicted molar refractivity (Wildman–Crippen MR) is 133 cm³/mol. The number of nitrogens with one attached hydrogen (secondary N) is 1. The molecule has 30 heavy (non-hydrogen) atoms. The maximum Gasteiger partial charge on any atom is 0.193 e. The van der Waals surface area contributed by atoms with E-state index in [0.717, 1.165) is 55.6 Å². The summed E-state index contributed by atoms with van der Waals surface area (Å²) in [5.41, 5.74) is 2.08. The van der Waals surface area contributed by atoms with E-state index in [2.05, 4.69) is 23.2 Å². The van der Waals surface area contributed by atoms with E-state index in [0.29, 0.717) is 12.5 Å². The second-order valence-corrected chi connectivity index (χ2v) is 7.45. The maximum atomic E-state index is 13.5. The molecule has 0 saturated carbocycles. The van der Waals surface area contributed by atoms with Crippen LogP contribution in [-0.4, -0.2) is 51.2 Å². The number of halogens is 2. The van der Waals surface area contributed by atoms with Gasteiger partial charge in [0.15, 0.2) is 5.96 Å². The molecule has 0 aromatic heterocycles. The summed E-state index contributed by atoms with van der Waals surface area (Å²) < 4.78 is 19.0. The molecule has 0 spiro atoms. The molecule has 7 heteroatoms. The second kappa shape index (κ2) is 12.0. The number of ether oxygens (including phenoxy) is 1. The first-order valence-corrected chi connectivity index (χ1v) is 10.2. The first-order chi connectivity index (χ1) is 14.1. The molecular weight excluding hydrogens is 494 g/mol. The number of nitrogens with zero attached hydrogens (tertiary/aromatic N) is 3. The molecule has 1 heterocycles. The van der Waals surface area contributed by atoms with E-state index in [1.54, 1.807) is 19.2 Å². The van der Waals surface area contributed by atoms with Crippen molar-refractivity contribution in [3.63, 3.8) is 0 Å². The number of rotatable bonds is 7. The number of aliphatic imine (C=N–C) groups is 1. The molecule has 1 saturated heterocycles. The summed E-state index contributed by atoms with van der Waals surface area (Å²) in [6.07, 6.45) is 1.11. The average molecular weight is 526 g/mol. The lowest BCUT2D eigenvalue weighted by molar-refractivity contribution is 0.414. The molecular formula is C23H32FIN4O. The molecule has 1 unspecified atom stereocenters. The van der Waals surface area contributed by atoms with Crippen molar-refractivity contribution in [3.05, 3.63) is 59.9 Å². The monoisotopic (exact) mass is 526 g/mol. The normalized spacial score (nSPS) is 16.2. The topological polar surface area (TPSA) is 40.1 Å². The van der Waals surface area contributed by atoms with Gasteiger partial charge in [-0.25, -0.2) is 4.39 Å². The molecule has 3 rings (SSSR count). The summed E-state index contributed by atoms with van der Waals surface area (Å²) in [4.78, 5) is 9.29. The van der Waals surface area contributed by atoms with Crippen molar-refractivity contribution in [1.29, 1.82) is 0 Å². The van der Waals surface area contributed by atoms with Gasteiger partial charge in [0.1, 0.15) is 11.6 Å². The highest BCUT2D eigenvalue weighted by atomic mass is 127. The van der Waals surface area contributed by atoms with Crippen molar-refractivity contribution in [2.24, 2.45) is 10.9 Å². The van der Waals surface area contributed by atoms with Gasteiger partial charge in [-0.2, -0.15) is 0 Å². The van der Waals surface area contributed by atoms with Crippen LogP contribution in [0.4, 0.5) is 10.1 Å². The van der Waals surface area contributed by atoms with E-state index in [1.807, 2.05) is 36.2 Å². The molecule has 1 atom stereocenters. The van der Waals surface area contributed by atoms with Gasteiger partial charge in [-0.05, 0) is 49.1 Å². The number of benzene rings is 2. The number of para-hydroxylation sites is 2. The van der Waals surface area contributed by atoms with Gasteiger partial charge in [0.05, 0.1) is 12.8 Å². The molecule has 164 valence electrons. The quantitative estimate of drug-likeness (QED) is 0.331. The van der Waals surface area contributed by atoms with Gasteiger partial charge in [-0.15, -0.1) is 24.0 Å². The Morgan fingerprint density at radius 3 is 2.80 bits per heavy atom. The van der Waals surface area contributed by atoms with Crippen LogP contribution in [0.1, 0.15) is 18.9 Å². The van der Waals surface area contributed by atoms with E-state index < -0.39 is 0 Å². The van der Waals surface area contributed by atoms with Crippen LogP contribution in [0.2, 0.25) is 0 Å². The maximum absolute atomic E-state index is 13.5. The van der Waals surface area contributed by atoms with Gasteiger partial charge >= 0.3 is 0 Å². The largest absolute Gasteiger partial charge is 0.495 e. The van der Waals surface area contributed by atoms with E-state index in [-0.39, 0.29) is 29.8 Å². The van der Waals surface area contributed by atoms with Crippen molar-refractivity contribution in [1.82, 2.24) is 10.2 Å². The lowest BCUT2D eigenvalue weighted by atomic mass is 10.1. The minimum absolute atomic E-state index is 0. The number of anilines is 1. The van der Waals surface area contributed by atoms with Crippen LogP contribution in [-0.2, 0) is 6.54 Å². The van der Waals surface area contributed by atoms with Crippen LogP contribution in [0.25, 0.3) is 0 Å². The highest BCUT2D eigenvalue weighted by Crippen LogP contribution is 2.32. The van der Waals surface area contributed by atoms with Gasteiger partial charge in [0, 0.05) is 39.8 Å². The van der Waals surface area contributed by atoms with Crippen molar-refractivity contribution in [2.45, 2.75) is 19.9 Å². The molecule has 5 nitrogen and oxygen atoms in total. The third-order valence-electron chi connectivity index (χ3n) is 5.22. The van der Waals surface area contributed by atoms with Crippen LogP contribution in [0.5, 0.6) is 5.75 Å². The Hall–Kier alpha value is -2.03.